The van der Waals surface area contributed by atoms with E-state index in [1.807, 2.05) is 0 Å². The molecule has 0 spiro atoms. The second kappa shape index (κ2) is 7.42. The van der Waals surface area contributed by atoms with Gasteiger partial charge < -0.3 is 25.5 Å². The van der Waals surface area contributed by atoms with Crippen molar-refractivity contribution >= 4 is 5.78 Å². The summed E-state index contributed by atoms with van der Waals surface area (Å²) in [6.45, 7) is -0.830. The van der Waals surface area contributed by atoms with Crippen molar-refractivity contribution in [3.63, 3.8) is 0 Å². The molecule has 0 fully saturated rings. The number of ketones is 1. The first-order valence-electron chi connectivity index (χ1n) is 4.56. The molecular weight excluding hydrogens is 223 g/mol. The van der Waals surface area contributed by atoms with E-state index in [2.05, 4.69) is 0 Å². The van der Waals surface area contributed by atoms with Gasteiger partial charge in [0.1, 0.15) is 24.4 Å². The highest BCUT2D eigenvalue weighted by molar-refractivity contribution is 5.84. The summed E-state index contributed by atoms with van der Waals surface area (Å²) in [6.07, 6.45) is -6.94. The number of allylic oxidation sites excluding steroid dienone is 1. The summed E-state index contributed by atoms with van der Waals surface area (Å²) in [5, 5.41) is 45.0. The molecule has 94 valence electrons. The lowest BCUT2D eigenvalue weighted by Gasteiger charge is -2.24. The molecule has 0 saturated heterocycles. The highest BCUT2D eigenvalue weighted by atomic mass is 19.1. The zero-order valence-electron chi connectivity index (χ0n) is 8.40. The molecular formula is C9H15FO6. The first kappa shape index (κ1) is 15.1. The van der Waals surface area contributed by atoms with Crippen LogP contribution in [-0.4, -0.2) is 62.3 Å². The van der Waals surface area contributed by atoms with Crippen LogP contribution in [0.3, 0.4) is 0 Å². The minimum atomic E-state index is -1.95. The molecule has 5 N–H and O–H groups in total. The number of aliphatic hydroxyl groups is 5. The maximum absolute atomic E-state index is 11.6. The van der Waals surface area contributed by atoms with Gasteiger partial charge in [0.2, 0.25) is 0 Å². The number of carbonyl (C=O) groups excluding carboxylic acids is 1. The van der Waals surface area contributed by atoms with Crippen LogP contribution in [0.25, 0.3) is 0 Å². The van der Waals surface area contributed by atoms with E-state index in [1.54, 1.807) is 0 Å². The molecule has 0 aliphatic heterocycles. The minimum Gasteiger partial charge on any atom is -0.394 e. The maximum Gasteiger partial charge on any atom is 0.167 e. The SMILES string of the molecule is O=C(CC=CF)C(O)C(O)C(O)C(O)CO. The van der Waals surface area contributed by atoms with E-state index in [4.69, 9.17) is 15.3 Å². The number of rotatable bonds is 7. The van der Waals surface area contributed by atoms with Crippen LogP contribution < -0.4 is 0 Å². The second-order valence-corrected chi connectivity index (χ2v) is 3.21. The average Bonchev–Trinajstić information content (AvgIpc) is 2.31. The Labute approximate surface area is 91.3 Å². The van der Waals surface area contributed by atoms with Crippen LogP contribution in [0.2, 0.25) is 0 Å². The smallest absolute Gasteiger partial charge is 0.167 e. The van der Waals surface area contributed by atoms with Gasteiger partial charge in [-0.15, -0.1) is 0 Å². The number of aliphatic hydroxyl groups excluding tert-OH is 5. The molecule has 0 radical (unpaired) electrons. The Morgan fingerprint density at radius 1 is 1.19 bits per heavy atom. The zero-order valence-corrected chi connectivity index (χ0v) is 8.40. The molecule has 0 aromatic heterocycles. The molecule has 0 bridgehead atoms. The Kier molecular flexibility index (Phi) is 7.02. The van der Waals surface area contributed by atoms with Gasteiger partial charge in [-0.2, -0.15) is 0 Å². The van der Waals surface area contributed by atoms with Crippen molar-refractivity contribution in [1.29, 1.82) is 0 Å². The average molecular weight is 238 g/mol. The molecule has 4 atom stereocenters. The lowest BCUT2D eigenvalue weighted by Crippen LogP contribution is -2.48. The van der Waals surface area contributed by atoms with Crippen molar-refractivity contribution in [1.82, 2.24) is 0 Å². The third-order valence-corrected chi connectivity index (χ3v) is 1.99. The van der Waals surface area contributed by atoms with Crippen molar-refractivity contribution in [3.05, 3.63) is 12.4 Å². The Bertz CT molecular complexity index is 244. The summed E-state index contributed by atoms with van der Waals surface area (Å²) in [5.74, 6) is -0.911. The Morgan fingerprint density at radius 3 is 2.19 bits per heavy atom. The largest absolute Gasteiger partial charge is 0.394 e. The fraction of sp³-hybridized carbons (Fsp3) is 0.667. The van der Waals surface area contributed by atoms with Gasteiger partial charge in [0.25, 0.3) is 0 Å². The number of Topliss-reactive ketones (excluding diaryl/α,β-unsaturated/α-hetero) is 1. The predicted octanol–water partition coefficient (Wildman–Crippen LogP) is -2.14. The van der Waals surface area contributed by atoms with E-state index in [-0.39, 0.29) is 6.33 Å². The van der Waals surface area contributed by atoms with Gasteiger partial charge >= 0.3 is 0 Å². The van der Waals surface area contributed by atoms with E-state index in [9.17, 15) is 19.4 Å². The van der Waals surface area contributed by atoms with Crippen LogP contribution in [0.5, 0.6) is 0 Å². The van der Waals surface area contributed by atoms with Crippen molar-refractivity contribution < 1.29 is 34.7 Å². The summed E-state index contributed by atoms with van der Waals surface area (Å²) in [4.78, 5) is 11.1. The van der Waals surface area contributed by atoms with Crippen LogP contribution in [0, 0.1) is 0 Å². The molecule has 0 aliphatic carbocycles. The summed E-state index contributed by atoms with van der Waals surface area (Å²) >= 11 is 0. The quantitative estimate of drug-likeness (QED) is 0.345. The summed E-state index contributed by atoms with van der Waals surface area (Å²) in [5.41, 5.74) is 0. The lowest BCUT2D eigenvalue weighted by atomic mass is 9.99. The monoisotopic (exact) mass is 238 g/mol. The number of hydrogen-bond donors (Lipinski definition) is 5. The van der Waals surface area contributed by atoms with Crippen LogP contribution >= 0.6 is 0 Å². The van der Waals surface area contributed by atoms with Crippen molar-refractivity contribution in [2.45, 2.75) is 30.8 Å². The van der Waals surface area contributed by atoms with E-state index in [0.29, 0.717) is 0 Å². The van der Waals surface area contributed by atoms with E-state index in [0.717, 1.165) is 6.08 Å². The predicted molar refractivity (Wildman–Crippen MR) is 51.0 cm³/mol. The molecule has 0 saturated carbocycles. The van der Waals surface area contributed by atoms with Gasteiger partial charge in [-0.1, -0.05) is 0 Å². The number of hydrogen-bond acceptors (Lipinski definition) is 6. The summed E-state index contributed by atoms with van der Waals surface area (Å²) in [7, 11) is 0. The highest BCUT2D eigenvalue weighted by Gasteiger charge is 2.33. The lowest BCUT2D eigenvalue weighted by molar-refractivity contribution is -0.146. The molecule has 0 rings (SSSR count). The topological polar surface area (TPSA) is 118 Å². The van der Waals surface area contributed by atoms with Crippen LogP contribution in [0.15, 0.2) is 12.4 Å². The van der Waals surface area contributed by atoms with Crippen molar-refractivity contribution in [2.75, 3.05) is 6.61 Å². The van der Waals surface area contributed by atoms with Crippen molar-refractivity contribution in [3.8, 4) is 0 Å². The Hall–Kier alpha value is -0.860. The van der Waals surface area contributed by atoms with Crippen LogP contribution in [-0.2, 0) is 4.79 Å². The Balaban J connectivity index is 4.36. The van der Waals surface area contributed by atoms with Gasteiger partial charge in [0.05, 0.1) is 12.9 Å². The maximum atomic E-state index is 11.6. The standard InChI is InChI=1S/C9H15FO6/c10-3-1-2-5(12)7(14)9(16)8(15)6(13)4-11/h1,3,6-9,11,13-16H,2,4H2. The van der Waals surface area contributed by atoms with Gasteiger partial charge in [-0.25, -0.2) is 4.39 Å². The van der Waals surface area contributed by atoms with Gasteiger partial charge in [-0.3, -0.25) is 4.79 Å². The Morgan fingerprint density at radius 2 is 1.75 bits per heavy atom. The molecule has 0 aliphatic rings. The minimum absolute atomic E-state index is 0.107. The first-order chi connectivity index (χ1) is 7.45. The van der Waals surface area contributed by atoms with Crippen molar-refractivity contribution in [2.24, 2.45) is 0 Å². The molecule has 7 heteroatoms. The van der Waals surface area contributed by atoms with E-state index >= 15 is 0 Å². The molecule has 4 unspecified atom stereocenters. The normalized spacial score (nSPS) is 19.4. The molecule has 6 nitrogen and oxygen atoms in total. The first-order valence-corrected chi connectivity index (χ1v) is 4.56. The molecule has 0 heterocycles. The van der Waals surface area contributed by atoms with Crippen LogP contribution in [0.1, 0.15) is 6.42 Å². The number of carbonyl (C=O) groups is 1. The van der Waals surface area contributed by atoms with Gasteiger partial charge in [0, 0.05) is 6.42 Å². The second-order valence-electron chi connectivity index (χ2n) is 3.21. The third kappa shape index (κ3) is 4.33. The fourth-order valence-corrected chi connectivity index (χ4v) is 0.994. The zero-order chi connectivity index (χ0) is 12.7. The molecule has 16 heavy (non-hydrogen) atoms. The van der Waals surface area contributed by atoms with E-state index < -0.39 is 43.2 Å². The third-order valence-electron chi connectivity index (χ3n) is 1.99. The van der Waals surface area contributed by atoms with Crippen LogP contribution in [0.4, 0.5) is 4.39 Å². The van der Waals surface area contributed by atoms with Gasteiger partial charge in [0.15, 0.2) is 5.78 Å². The summed E-state index contributed by atoms with van der Waals surface area (Å²) < 4.78 is 11.6. The highest BCUT2D eigenvalue weighted by Crippen LogP contribution is 2.07. The number of halogens is 1. The summed E-state index contributed by atoms with van der Waals surface area (Å²) in [6, 6.07) is 0. The molecule has 0 aromatic rings. The van der Waals surface area contributed by atoms with E-state index in [1.165, 1.54) is 0 Å². The molecule has 0 aromatic carbocycles. The fourth-order valence-electron chi connectivity index (χ4n) is 0.994. The van der Waals surface area contributed by atoms with Gasteiger partial charge in [-0.05, 0) is 6.08 Å². The molecule has 0 amide bonds.